The molecule has 2 atom stereocenters. The highest BCUT2D eigenvalue weighted by Gasteiger charge is 2.20. The number of hydrogen-bond acceptors (Lipinski definition) is 6. The molecule has 2 heterocycles. The van der Waals surface area contributed by atoms with Crippen LogP contribution < -0.4 is 15.0 Å². The standard InChI is InChI=1S/C19H23N5O/c1-15(12-20)25-18-8-6-16(7-9-18)13-21-17-4-3-11-24(14-17)19-5-2-10-22-23-19/h2,5-10,15,17,21H,3-4,11,13-14H2,1H3/t15-,17-/m0/s1. The van der Waals surface area contributed by atoms with Gasteiger partial charge in [0, 0.05) is 31.9 Å². The molecule has 1 N–H and O–H groups in total. The van der Waals surface area contributed by atoms with Crippen molar-refractivity contribution >= 4 is 5.82 Å². The van der Waals surface area contributed by atoms with E-state index in [1.54, 1.807) is 13.1 Å². The summed E-state index contributed by atoms with van der Waals surface area (Å²) in [5.41, 5.74) is 1.20. The number of hydrogen-bond donors (Lipinski definition) is 1. The van der Waals surface area contributed by atoms with Crippen LogP contribution in [0.3, 0.4) is 0 Å². The van der Waals surface area contributed by atoms with E-state index < -0.39 is 6.10 Å². The van der Waals surface area contributed by atoms with Gasteiger partial charge in [-0.3, -0.25) is 0 Å². The lowest BCUT2D eigenvalue weighted by Crippen LogP contribution is -2.45. The van der Waals surface area contributed by atoms with E-state index in [1.807, 2.05) is 36.4 Å². The molecule has 130 valence electrons. The molecule has 1 saturated heterocycles. The molecule has 6 heteroatoms. The van der Waals surface area contributed by atoms with Crippen molar-refractivity contribution in [3.63, 3.8) is 0 Å². The summed E-state index contributed by atoms with van der Waals surface area (Å²) in [5.74, 6) is 1.67. The highest BCUT2D eigenvalue weighted by molar-refractivity contribution is 5.37. The maximum absolute atomic E-state index is 8.79. The third-order valence-electron chi connectivity index (χ3n) is 4.32. The van der Waals surface area contributed by atoms with Crippen molar-refractivity contribution in [2.24, 2.45) is 0 Å². The number of anilines is 1. The number of nitrogens with zero attached hydrogens (tertiary/aromatic N) is 4. The number of ether oxygens (including phenoxy) is 1. The molecule has 0 spiro atoms. The van der Waals surface area contributed by atoms with E-state index in [9.17, 15) is 0 Å². The van der Waals surface area contributed by atoms with E-state index in [0.717, 1.165) is 44.0 Å². The lowest BCUT2D eigenvalue weighted by atomic mass is 10.1. The fourth-order valence-electron chi connectivity index (χ4n) is 2.99. The van der Waals surface area contributed by atoms with Gasteiger partial charge in [-0.2, -0.15) is 10.4 Å². The van der Waals surface area contributed by atoms with Gasteiger partial charge < -0.3 is 15.0 Å². The minimum atomic E-state index is -0.432. The number of nitriles is 1. The van der Waals surface area contributed by atoms with Gasteiger partial charge in [0.15, 0.2) is 11.9 Å². The van der Waals surface area contributed by atoms with E-state index in [4.69, 9.17) is 10.00 Å². The Morgan fingerprint density at radius 1 is 1.36 bits per heavy atom. The van der Waals surface area contributed by atoms with Crippen molar-refractivity contribution in [2.45, 2.75) is 38.5 Å². The fraction of sp³-hybridized carbons (Fsp3) is 0.421. The van der Waals surface area contributed by atoms with Gasteiger partial charge in [0.1, 0.15) is 11.8 Å². The predicted molar refractivity (Wildman–Crippen MR) is 96.3 cm³/mol. The molecule has 0 unspecified atom stereocenters. The monoisotopic (exact) mass is 337 g/mol. The van der Waals surface area contributed by atoms with Crippen molar-refractivity contribution in [3.8, 4) is 11.8 Å². The summed E-state index contributed by atoms with van der Waals surface area (Å²) in [7, 11) is 0. The van der Waals surface area contributed by atoms with Gasteiger partial charge in [-0.1, -0.05) is 12.1 Å². The molecule has 25 heavy (non-hydrogen) atoms. The molecule has 0 aliphatic carbocycles. The zero-order valence-electron chi connectivity index (χ0n) is 14.4. The van der Waals surface area contributed by atoms with Crippen molar-refractivity contribution in [3.05, 3.63) is 48.2 Å². The van der Waals surface area contributed by atoms with Crippen LogP contribution in [0.2, 0.25) is 0 Å². The second-order valence-electron chi connectivity index (χ2n) is 6.28. The molecule has 0 radical (unpaired) electrons. The van der Waals surface area contributed by atoms with Crippen molar-refractivity contribution < 1.29 is 4.74 Å². The normalized spacial score (nSPS) is 18.4. The summed E-state index contributed by atoms with van der Waals surface area (Å²) in [5, 5.41) is 20.6. The lowest BCUT2D eigenvalue weighted by Gasteiger charge is -2.33. The molecule has 1 aliphatic rings. The molecule has 1 aromatic carbocycles. The second-order valence-corrected chi connectivity index (χ2v) is 6.28. The first-order valence-electron chi connectivity index (χ1n) is 8.66. The Labute approximate surface area is 148 Å². The Hall–Kier alpha value is -2.65. The predicted octanol–water partition coefficient (Wildman–Crippen LogP) is 2.53. The molecule has 1 fully saturated rings. The van der Waals surface area contributed by atoms with Crippen molar-refractivity contribution in [2.75, 3.05) is 18.0 Å². The Kier molecular flexibility index (Phi) is 5.81. The van der Waals surface area contributed by atoms with Crippen LogP contribution in [0.4, 0.5) is 5.82 Å². The average molecular weight is 337 g/mol. The van der Waals surface area contributed by atoms with E-state index in [1.165, 1.54) is 5.56 Å². The quantitative estimate of drug-likeness (QED) is 0.873. The minimum Gasteiger partial charge on any atom is -0.476 e. The fourth-order valence-corrected chi connectivity index (χ4v) is 2.99. The number of rotatable bonds is 6. The van der Waals surface area contributed by atoms with Crippen LogP contribution in [-0.4, -0.2) is 35.4 Å². The smallest absolute Gasteiger partial charge is 0.181 e. The zero-order chi connectivity index (χ0) is 17.5. The first kappa shape index (κ1) is 17.2. The number of piperidine rings is 1. The van der Waals surface area contributed by atoms with Crippen LogP contribution in [0.5, 0.6) is 5.75 Å². The molecular formula is C19H23N5O. The highest BCUT2D eigenvalue weighted by Crippen LogP contribution is 2.18. The average Bonchev–Trinajstić information content (AvgIpc) is 2.68. The maximum atomic E-state index is 8.79. The van der Waals surface area contributed by atoms with Gasteiger partial charge in [-0.15, -0.1) is 5.10 Å². The van der Waals surface area contributed by atoms with E-state index in [-0.39, 0.29) is 0 Å². The Balaban J connectivity index is 1.50. The van der Waals surface area contributed by atoms with E-state index in [2.05, 4.69) is 26.5 Å². The first-order valence-corrected chi connectivity index (χ1v) is 8.66. The Morgan fingerprint density at radius 3 is 2.92 bits per heavy atom. The topological polar surface area (TPSA) is 74.1 Å². The third-order valence-corrected chi connectivity index (χ3v) is 4.32. The maximum Gasteiger partial charge on any atom is 0.181 e. The van der Waals surface area contributed by atoms with Gasteiger partial charge in [-0.25, -0.2) is 0 Å². The molecule has 3 rings (SSSR count). The summed E-state index contributed by atoms with van der Waals surface area (Å²) in [6.45, 7) is 4.52. The molecule has 1 aromatic heterocycles. The summed E-state index contributed by atoms with van der Waals surface area (Å²) in [4.78, 5) is 2.29. The number of nitrogens with one attached hydrogen (secondary N) is 1. The summed E-state index contributed by atoms with van der Waals surface area (Å²) < 4.78 is 5.47. The molecular weight excluding hydrogens is 314 g/mol. The number of benzene rings is 1. The Morgan fingerprint density at radius 2 is 2.20 bits per heavy atom. The molecule has 6 nitrogen and oxygen atoms in total. The zero-order valence-corrected chi connectivity index (χ0v) is 14.4. The molecule has 0 saturated carbocycles. The second kappa shape index (κ2) is 8.45. The summed E-state index contributed by atoms with van der Waals surface area (Å²) >= 11 is 0. The molecule has 1 aliphatic heterocycles. The largest absolute Gasteiger partial charge is 0.476 e. The van der Waals surface area contributed by atoms with E-state index >= 15 is 0 Å². The lowest BCUT2D eigenvalue weighted by molar-refractivity contribution is 0.276. The Bertz CT molecular complexity index is 698. The van der Waals surface area contributed by atoms with Gasteiger partial charge in [0.25, 0.3) is 0 Å². The first-order chi connectivity index (χ1) is 12.2. The van der Waals surface area contributed by atoms with Crippen LogP contribution in [0.15, 0.2) is 42.6 Å². The van der Waals surface area contributed by atoms with Crippen LogP contribution in [0, 0.1) is 11.3 Å². The summed E-state index contributed by atoms with van der Waals surface area (Å²) in [6.07, 6.45) is 3.58. The highest BCUT2D eigenvalue weighted by atomic mass is 16.5. The van der Waals surface area contributed by atoms with Crippen LogP contribution in [-0.2, 0) is 6.54 Å². The van der Waals surface area contributed by atoms with Crippen molar-refractivity contribution in [1.82, 2.24) is 15.5 Å². The molecule has 2 aromatic rings. The minimum absolute atomic E-state index is 0.432. The van der Waals surface area contributed by atoms with E-state index in [0.29, 0.717) is 6.04 Å². The number of aromatic nitrogens is 2. The van der Waals surface area contributed by atoms with Gasteiger partial charge in [0.05, 0.1) is 0 Å². The van der Waals surface area contributed by atoms with Gasteiger partial charge in [-0.05, 0) is 49.6 Å². The van der Waals surface area contributed by atoms with Crippen LogP contribution in [0.25, 0.3) is 0 Å². The van der Waals surface area contributed by atoms with Gasteiger partial charge in [0.2, 0.25) is 0 Å². The van der Waals surface area contributed by atoms with Gasteiger partial charge >= 0.3 is 0 Å². The van der Waals surface area contributed by atoms with Crippen molar-refractivity contribution in [1.29, 1.82) is 5.26 Å². The molecule has 0 amide bonds. The van der Waals surface area contributed by atoms with Crippen LogP contribution >= 0.6 is 0 Å². The SMILES string of the molecule is C[C@@H](C#N)Oc1ccc(CN[C@H]2CCCN(c3cccnn3)C2)cc1. The third kappa shape index (κ3) is 4.91. The molecule has 0 bridgehead atoms. The summed E-state index contributed by atoms with van der Waals surface area (Å²) in [6, 6.07) is 14.3. The van der Waals surface area contributed by atoms with Crippen LogP contribution in [0.1, 0.15) is 25.3 Å².